The number of rotatable bonds is 2. The SMILES string of the molecule is Cc1csc(C2CCCN(C(=O)[C@@H]3CCCN3)C2)n1. The lowest BCUT2D eigenvalue weighted by Gasteiger charge is -2.33. The van der Waals surface area contributed by atoms with Gasteiger partial charge in [-0.15, -0.1) is 11.3 Å². The van der Waals surface area contributed by atoms with Crippen LogP contribution in [0.2, 0.25) is 0 Å². The van der Waals surface area contributed by atoms with Gasteiger partial charge in [0.1, 0.15) is 0 Å². The van der Waals surface area contributed by atoms with E-state index in [0.29, 0.717) is 11.8 Å². The van der Waals surface area contributed by atoms with Gasteiger partial charge in [-0.3, -0.25) is 4.79 Å². The standard InChI is InChI=1S/C14H21N3OS/c1-10-9-19-13(16-10)11-4-3-7-17(8-11)14(18)12-5-2-6-15-12/h9,11-12,15H,2-8H2,1H3/t11?,12-/m0/s1. The maximum atomic E-state index is 12.4. The zero-order chi connectivity index (χ0) is 13.2. The molecule has 4 nitrogen and oxygen atoms in total. The molecule has 1 amide bonds. The number of hydrogen-bond acceptors (Lipinski definition) is 4. The zero-order valence-electron chi connectivity index (χ0n) is 11.4. The van der Waals surface area contributed by atoms with Crippen molar-refractivity contribution in [3.8, 4) is 0 Å². The van der Waals surface area contributed by atoms with Crippen LogP contribution in [-0.4, -0.2) is 41.5 Å². The Morgan fingerprint density at radius 3 is 3.05 bits per heavy atom. The Kier molecular flexibility index (Phi) is 3.84. The molecule has 2 aliphatic heterocycles. The molecule has 0 aliphatic carbocycles. The lowest BCUT2D eigenvalue weighted by Crippen LogP contribution is -2.47. The van der Waals surface area contributed by atoms with Gasteiger partial charge in [0.05, 0.1) is 11.0 Å². The minimum Gasteiger partial charge on any atom is -0.341 e. The van der Waals surface area contributed by atoms with Crippen molar-refractivity contribution < 1.29 is 4.79 Å². The Hall–Kier alpha value is -0.940. The normalized spacial score (nSPS) is 27.7. The summed E-state index contributed by atoms with van der Waals surface area (Å²) in [6.07, 6.45) is 4.38. The number of amides is 1. The van der Waals surface area contributed by atoms with E-state index in [1.807, 2.05) is 11.8 Å². The first-order valence-corrected chi connectivity index (χ1v) is 8.06. The van der Waals surface area contributed by atoms with Gasteiger partial charge in [-0.05, 0) is 39.2 Å². The molecule has 1 unspecified atom stereocenters. The third kappa shape index (κ3) is 2.82. The number of likely N-dealkylation sites (tertiary alicyclic amines) is 1. The number of aromatic nitrogens is 1. The number of aryl methyl sites for hydroxylation is 1. The van der Waals surface area contributed by atoms with Crippen molar-refractivity contribution in [2.24, 2.45) is 0 Å². The Morgan fingerprint density at radius 2 is 2.37 bits per heavy atom. The number of hydrogen-bond donors (Lipinski definition) is 1. The van der Waals surface area contributed by atoms with Gasteiger partial charge in [-0.25, -0.2) is 4.98 Å². The monoisotopic (exact) mass is 279 g/mol. The summed E-state index contributed by atoms with van der Waals surface area (Å²) < 4.78 is 0. The van der Waals surface area contributed by atoms with Gasteiger partial charge in [0.15, 0.2) is 0 Å². The smallest absolute Gasteiger partial charge is 0.239 e. The minimum atomic E-state index is 0.0665. The average Bonchev–Trinajstić information content (AvgIpc) is 3.09. The highest BCUT2D eigenvalue weighted by Gasteiger charge is 2.31. The highest BCUT2D eigenvalue weighted by Crippen LogP contribution is 2.29. The van der Waals surface area contributed by atoms with Gasteiger partial charge >= 0.3 is 0 Å². The second-order valence-corrected chi connectivity index (χ2v) is 6.49. The summed E-state index contributed by atoms with van der Waals surface area (Å²) in [5.74, 6) is 0.744. The van der Waals surface area contributed by atoms with E-state index in [2.05, 4.69) is 15.7 Å². The molecule has 0 spiro atoms. The lowest BCUT2D eigenvalue weighted by atomic mass is 9.98. The van der Waals surface area contributed by atoms with Crippen LogP contribution < -0.4 is 5.32 Å². The quantitative estimate of drug-likeness (QED) is 0.899. The van der Waals surface area contributed by atoms with Crippen LogP contribution in [0.15, 0.2) is 5.38 Å². The van der Waals surface area contributed by atoms with Gasteiger partial charge in [0.25, 0.3) is 0 Å². The third-order valence-electron chi connectivity index (χ3n) is 4.08. The fourth-order valence-electron chi connectivity index (χ4n) is 3.05. The summed E-state index contributed by atoms with van der Waals surface area (Å²) in [7, 11) is 0. The van der Waals surface area contributed by atoms with Crippen molar-refractivity contribution in [3.05, 3.63) is 16.1 Å². The van der Waals surface area contributed by atoms with Gasteiger partial charge in [0, 0.05) is 30.1 Å². The second-order valence-electron chi connectivity index (χ2n) is 5.60. The molecular weight excluding hydrogens is 258 g/mol. The molecule has 3 heterocycles. The second kappa shape index (κ2) is 5.59. The fourth-order valence-corrected chi connectivity index (χ4v) is 3.98. The number of nitrogens with one attached hydrogen (secondary N) is 1. The summed E-state index contributed by atoms with van der Waals surface area (Å²) in [5.41, 5.74) is 1.10. The topological polar surface area (TPSA) is 45.2 Å². The van der Waals surface area contributed by atoms with E-state index in [1.54, 1.807) is 11.3 Å². The van der Waals surface area contributed by atoms with E-state index in [1.165, 1.54) is 5.01 Å². The Labute approximate surface area is 118 Å². The molecule has 19 heavy (non-hydrogen) atoms. The number of piperidine rings is 1. The molecule has 0 aromatic carbocycles. The first-order chi connectivity index (χ1) is 9.24. The number of carbonyl (C=O) groups is 1. The van der Waals surface area contributed by atoms with Crippen molar-refractivity contribution >= 4 is 17.2 Å². The van der Waals surface area contributed by atoms with Crippen LogP contribution >= 0.6 is 11.3 Å². The third-order valence-corrected chi connectivity index (χ3v) is 5.20. The largest absolute Gasteiger partial charge is 0.341 e. The molecule has 1 aromatic heterocycles. The van der Waals surface area contributed by atoms with Gasteiger partial charge in [-0.2, -0.15) is 0 Å². The maximum Gasteiger partial charge on any atom is 0.239 e. The Morgan fingerprint density at radius 1 is 1.47 bits per heavy atom. The Balaban J connectivity index is 1.65. The van der Waals surface area contributed by atoms with Crippen LogP contribution in [0, 0.1) is 6.92 Å². The number of nitrogens with zero attached hydrogens (tertiary/aromatic N) is 2. The molecule has 0 bridgehead atoms. The van der Waals surface area contributed by atoms with E-state index in [4.69, 9.17) is 0 Å². The minimum absolute atomic E-state index is 0.0665. The first-order valence-electron chi connectivity index (χ1n) is 7.18. The van der Waals surface area contributed by atoms with Gasteiger partial charge in [0.2, 0.25) is 5.91 Å². The van der Waals surface area contributed by atoms with Crippen molar-refractivity contribution in [2.75, 3.05) is 19.6 Å². The summed E-state index contributed by atoms with van der Waals surface area (Å²) >= 11 is 1.74. The molecule has 2 aliphatic rings. The van der Waals surface area contributed by atoms with Crippen molar-refractivity contribution in [3.63, 3.8) is 0 Å². The zero-order valence-corrected chi connectivity index (χ0v) is 12.2. The first kappa shape index (κ1) is 13.1. The highest BCUT2D eigenvalue weighted by molar-refractivity contribution is 7.09. The summed E-state index contributed by atoms with van der Waals surface area (Å²) in [5, 5.41) is 6.62. The predicted molar refractivity (Wildman–Crippen MR) is 76.4 cm³/mol. The maximum absolute atomic E-state index is 12.4. The predicted octanol–water partition coefficient (Wildman–Crippen LogP) is 1.91. The van der Waals surface area contributed by atoms with Crippen LogP contribution in [0.3, 0.4) is 0 Å². The fraction of sp³-hybridized carbons (Fsp3) is 0.714. The van der Waals surface area contributed by atoms with E-state index in [-0.39, 0.29) is 6.04 Å². The van der Waals surface area contributed by atoms with Crippen molar-refractivity contribution in [2.45, 2.75) is 44.6 Å². The van der Waals surface area contributed by atoms with Gasteiger partial charge < -0.3 is 10.2 Å². The van der Waals surface area contributed by atoms with E-state index in [9.17, 15) is 4.79 Å². The van der Waals surface area contributed by atoms with Crippen molar-refractivity contribution in [1.29, 1.82) is 0 Å². The molecule has 2 atom stereocenters. The molecule has 0 saturated carbocycles. The molecule has 1 N–H and O–H groups in total. The molecule has 3 rings (SSSR count). The van der Waals surface area contributed by atoms with Gasteiger partial charge in [-0.1, -0.05) is 0 Å². The average molecular weight is 279 g/mol. The van der Waals surface area contributed by atoms with Crippen LogP contribution in [0.4, 0.5) is 0 Å². The van der Waals surface area contributed by atoms with E-state index in [0.717, 1.165) is 51.0 Å². The number of thiazole rings is 1. The van der Waals surface area contributed by atoms with Crippen LogP contribution in [0.25, 0.3) is 0 Å². The number of carbonyl (C=O) groups excluding carboxylic acids is 1. The molecule has 2 saturated heterocycles. The summed E-state index contributed by atoms with van der Waals surface area (Å²) in [6.45, 7) is 4.79. The van der Waals surface area contributed by atoms with E-state index < -0.39 is 0 Å². The van der Waals surface area contributed by atoms with Crippen LogP contribution in [0.5, 0.6) is 0 Å². The van der Waals surface area contributed by atoms with E-state index >= 15 is 0 Å². The molecule has 104 valence electrons. The highest BCUT2D eigenvalue weighted by atomic mass is 32.1. The molecular formula is C14H21N3OS. The molecule has 0 radical (unpaired) electrons. The van der Waals surface area contributed by atoms with Crippen molar-refractivity contribution in [1.82, 2.24) is 15.2 Å². The lowest BCUT2D eigenvalue weighted by molar-refractivity contribution is -0.134. The molecule has 1 aromatic rings. The molecule has 5 heteroatoms. The van der Waals surface area contributed by atoms with Crippen LogP contribution in [0.1, 0.15) is 42.3 Å². The molecule has 2 fully saturated rings. The van der Waals surface area contributed by atoms with Crippen LogP contribution in [-0.2, 0) is 4.79 Å². The summed E-state index contributed by atoms with van der Waals surface area (Å²) in [4.78, 5) is 19.1. The summed E-state index contributed by atoms with van der Waals surface area (Å²) in [6, 6.07) is 0.0665. The Bertz CT molecular complexity index is 453.